The van der Waals surface area contributed by atoms with E-state index in [1.165, 1.54) is 0 Å². The molecule has 108 valence electrons. The summed E-state index contributed by atoms with van der Waals surface area (Å²) < 4.78 is 2.57. The highest BCUT2D eigenvalue weighted by atomic mass is 79.9. The van der Waals surface area contributed by atoms with Crippen molar-refractivity contribution in [2.75, 3.05) is 36.8 Å². The van der Waals surface area contributed by atoms with Crippen molar-refractivity contribution in [1.29, 1.82) is 5.26 Å². The average molecular weight is 347 g/mol. The molecule has 0 aliphatic carbocycles. The minimum absolute atomic E-state index is 0.379. The van der Waals surface area contributed by atoms with Crippen molar-refractivity contribution in [2.24, 2.45) is 0 Å². The van der Waals surface area contributed by atoms with Crippen LogP contribution in [0.25, 0.3) is 5.69 Å². The zero-order chi connectivity index (χ0) is 14.8. The number of nitrogens with two attached hydrogens (primary N) is 1. The highest BCUT2D eigenvalue weighted by Gasteiger charge is 2.22. The topological polar surface area (TPSA) is 82.9 Å². The van der Waals surface area contributed by atoms with E-state index >= 15 is 0 Å². The molecule has 2 heterocycles. The number of hydrogen-bond donors (Lipinski definition) is 2. The summed E-state index contributed by atoms with van der Waals surface area (Å²) in [7, 11) is 0. The average Bonchev–Trinajstić information content (AvgIpc) is 2.85. The zero-order valence-electron chi connectivity index (χ0n) is 11.4. The summed E-state index contributed by atoms with van der Waals surface area (Å²) >= 11 is 3.44. The van der Waals surface area contributed by atoms with E-state index in [1.807, 2.05) is 24.3 Å². The van der Waals surface area contributed by atoms with E-state index in [1.54, 1.807) is 4.68 Å². The minimum atomic E-state index is 0.379. The standard InChI is InChI=1S/C14H15BrN6/c15-10-2-1-3-11(8-10)21-13(17)12(9-16)14(19-21)20-6-4-18-5-7-20/h1-3,8,18H,4-7,17H2. The summed E-state index contributed by atoms with van der Waals surface area (Å²) in [6.07, 6.45) is 0. The fraction of sp³-hybridized carbons (Fsp3) is 0.286. The molecule has 0 atom stereocenters. The van der Waals surface area contributed by atoms with Crippen LogP contribution in [0.2, 0.25) is 0 Å². The molecule has 0 saturated carbocycles. The van der Waals surface area contributed by atoms with E-state index in [4.69, 9.17) is 5.73 Å². The first-order valence-electron chi connectivity index (χ1n) is 6.71. The number of benzene rings is 1. The molecule has 1 aromatic heterocycles. The summed E-state index contributed by atoms with van der Waals surface area (Å²) in [5.41, 5.74) is 7.40. The molecule has 1 fully saturated rings. The molecule has 0 unspecified atom stereocenters. The van der Waals surface area contributed by atoms with Crippen molar-refractivity contribution in [3.05, 3.63) is 34.3 Å². The van der Waals surface area contributed by atoms with Crippen LogP contribution in [0, 0.1) is 11.3 Å². The smallest absolute Gasteiger partial charge is 0.171 e. The first-order valence-corrected chi connectivity index (χ1v) is 7.50. The predicted octanol–water partition coefficient (Wildman–Crippen LogP) is 1.50. The Balaban J connectivity index is 2.07. The predicted molar refractivity (Wildman–Crippen MR) is 85.5 cm³/mol. The van der Waals surface area contributed by atoms with E-state index in [2.05, 4.69) is 37.3 Å². The summed E-state index contributed by atoms with van der Waals surface area (Å²) in [5.74, 6) is 1.04. The summed E-state index contributed by atoms with van der Waals surface area (Å²) in [4.78, 5) is 2.10. The molecule has 0 bridgehead atoms. The van der Waals surface area contributed by atoms with Crippen LogP contribution >= 0.6 is 15.9 Å². The van der Waals surface area contributed by atoms with Crippen molar-refractivity contribution < 1.29 is 0 Å². The van der Waals surface area contributed by atoms with Gasteiger partial charge < -0.3 is 16.0 Å². The first-order chi connectivity index (χ1) is 10.2. The monoisotopic (exact) mass is 346 g/mol. The van der Waals surface area contributed by atoms with Gasteiger partial charge in [0.2, 0.25) is 0 Å². The Morgan fingerprint density at radius 3 is 2.76 bits per heavy atom. The maximum Gasteiger partial charge on any atom is 0.171 e. The second kappa shape index (κ2) is 5.76. The largest absolute Gasteiger partial charge is 0.382 e. The van der Waals surface area contributed by atoms with Crippen LogP contribution in [0.15, 0.2) is 28.7 Å². The third kappa shape index (κ3) is 2.60. The third-order valence-corrected chi connectivity index (χ3v) is 3.98. The summed E-state index contributed by atoms with van der Waals surface area (Å²) in [6.45, 7) is 3.41. The Kier molecular flexibility index (Phi) is 3.82. The van der Waals surface area contributed by atoms with Crippen molar-refractivity contribution in [3.8, 4) is 11.8 Å². The number of nitrogen functional groups attached to an aromatic ring is 1. The molecule has 0 amide bonds. The molecular weight excluding hydrogens is 332 g/mol. The molecule has 7 heteroatoms. The molecule has 1 aliphatic rings. The van der Waals surface area contributed by atoms with Crippen LogP contribution in [0.4, 0.5) is 11.6 Å². The Bertz CT molecular complexity index is 696. The minimum Gasteiger partial charge on any atom is -0.382 e. The lowest BCUT2D eigenvalue weighted by molar-refractivity contribution is 0.583. The highest BCUT2D eigenvalue weighted by molar-refractivity contribution is 9.10. The fourth-order valence-corrected chi connectivity index (χ4v) is 2.82. The number of nitrogens with zero attached hydrogens (tertiary/aromatic N) is 4. The SMILES string of the molecule is N#Cc1c(N2CCNCC2)nn(-c2cccc(Br)c2)c1N. The Morgan fingerprint density at radius 1 is 1.33 bits per heavy atom. The molecule has 21 heavy (non-hydrogen) atoms. The second-order valence-electron chi connectivity index (χ2n) is 4.82. The van der Waals surface area contributed by atoms with Crippen LogP contribution in [0.3, 0.4) is 0 Å². The number of nitrogens with one attached hydrogen (secondary N) is 1. The van der Waals surface area contributed by atoms with Gasteiger partial charge in [0.05, 0.1) is 5.69 Å². The quantitative estimate of drug-likeness (QED) is 0.860. The first kappa shape index (κ1) is 13.9. The molecule has 0 spiro atoms. The highest BCUT2D eigenvalue weighted by Crippen LogP contribution is 2.28. The van der Waals surface area contributed by atoms with E-state index in [0.717, 1.165) is 36.3 Å². The van der Waals surface area contributed by atoms with Gasteiger partial charge >= 0.3 is 0 Å². The number of anilines is 2. The lowest BCUT2D eigenvalue weighted by atomic mass is 10.2. The molecule has 1 saturated heterocycles. The number of nitriles is 1. The number of piperazine rings is 1. The molecule has 0 radical (unpaired) electrons. The molecule has 1 aliphatic heterocycles. The van der Waals surface area contributed by atoms with Gasteiger partial charge in [-0.25, -0.2) is 4.68 Å². The lowest BCUT2D eigenvalue weighted by Gasteiger charge is -2.27. The Labute approximate surface area is 131 Å². The summed E-state index contributed by atoms with van der Waals surface area (Å²) in [6, 6.07) is 9.87. The van der Waals surface area contributed by atoms with Gasteiger partial charge in [-0.1, -0.05) is 22.0 Å². The molecule has 3 N–H and O–H groups in total. The van der Waals surface area contributed by atoms with Gasteiger partial charge in [0.1, 0.15) is 17.5 Å². The normalized spacial score (nSPS) is 15.0. The van der Waals surface area contributed by atoms with Crippen molar-refractivity contribution in [3.63, 3.8) is 0 Å². The van der Waals surface area contributed by atoms with Crippen LogP contribution in [-0.4, -0.2) is 36.0 Å². The number of halogens is 1. The maximum absolute atomic E-state index is 9.41. The van der Waals surface area contributed by atoms with Gasteiger partial charge in [-0.05, 0) is 18.2 Å². The Hall–Kier alpha value is -2.04. The molecular formula is C14H15BrN6. The number of aromatic nitrogens is 2. The van der Waals surface area contributed by atoms with E-state index in [-0.39, 0.29) is 0 Å². The third-order valence-electron chi connectivity index (χ3n) is 3.48. The van der Waals surface area contributed by atoms with Gasteiger partial charge in [0.15, 0.2) is 5.82 Å². The van der Waals surface area contributed by atoms with Crippen LogP contribution in [0.1, 0.15) is 5.56 Å². The van der Waals surface area contributed by atoms with Crippen LogP contribution in [-0.2, 0) is 0 Å². The second-order valence-corrected chi connectivity index (χ2v) is 5.74. The number of hydrogen-bond acceptors (Lipinski definition) is 5. The van der Waals surface area contributed by atoms with Crippen molar-refractivity contribution in [2.45, 2.75) is 0 Å². The maximum atomic E-state index is 9.41. The van der Waals surface area contributed by atoms with E-state index in [9.17, 15) is 5.26 Å². The Morgan fingerprint density at radius 2 is 2.10 bits per heavy atom. The number of rotatable bonds is 2. The van der Waals surface area contributed by atoms with Crippen molar-refractivity contribution >= 4 is 27.6 Å². The summed E-state index contributed by atoms with van der Waals surface area (Å²) in [5, 5.41) is 17.3. The molecule has 3 rings (SSSR count). The van der Waals surface area contributed by atoms with Crippen LogP contribution < -0.4 is 16.0 Å². The lowest BCUT2D eigenvalue weighted by Crippen LogP contribution is -2.44. The van der Waals surface area contributed by atoms with Gasteiger partial charge in [-0.2, -0.15) is 5.26 Å². The molecule has 2 aromatic rings. The van der Waals surface area contributed by atoms with Gasteiger partial charge in [0.25, 0.3) is 0 Å². The van der Waals surface area contributed by atoms with Gasteiger partial charge in [-0.15, -0.1) is 5.10 Å². The molecule has 6 nitrogen and oxygen atoms in total. The van der Waals surface area contributed by atoms with Gasteiger partial charge in [-0.3, -0.25) is 0 Å². The van der Waals surface area contributed by atoms with E-state index in [0.29, 0.717) is 17.2 Å². The fourth-order valence-electron chi connectivity index (χ4n) is 2.43. The molecule has 1 aromatic carbocycles. The van der Waals surface area contributed by atoms with Gasteiger partial charge in [0, 0.05) is 30.7 Å². The van der Waals surface area contributed by atoms with Crippen LogP contribution in [0.5, 0.6) is 0 Å². The van der Waals surface area contributed by atoms with E-state index < -0.39 is 0 Å². The zero-order valence-corrected chi connectivity index (χ0v) is 13.0. The van der Waals surface area contributed by atoms with Crippen molar-refractivity contribution in [1.82, 2.24) is 15.1 Å².